The third-order valence-electron chi connectivity index (χ3n) is 3.46. The summed E-state index contributed by atoms with van der Waals surface area (Å²) in [6, 6.07) is 7.85. The van der Waals surface area contributed by atoms with Crippen molar-refractivity contribution in [3.05, 3.63) is 36.0 Å². The summed E-state index contributed by atoms with van der Waals surface area (Å²) >= 11 is 5.11. The van der Waals surface area contributed by atoms with Crippen LogP contribution >= 0.6 is 12.2 Å². The van der Waals surface area contributed by atoms with E-state index < -0.39 is 10.8 Å². The Morgan fingerprint density at radius 1 is 1.48 bits per heavy atom. The van der Waals surface area contributed by atoms with Gasteiger partial charge in [-0.2, -0.15) is 0 Å². The number of nitrogens with two attached hydrogens (primary N) is 1. The molecule has 0 aliphatic carbocycles. The van der Waals surface area contributed by atoms with Crippen LogP contribution in [0.5, 0.6) is 0 Å². The number of hydrogen-bond acceptors (Lipinski definition) is 4. The van der Waals surface area contributed by atoms with Crippen LogP contribution in [0, 0.1) is 0 Å². The van der Waals surface area contributed by atoms with E-state index in [1.165, 1.54) is 0 Å². The summed E-state index contributed by atoms with van der Waals surface area (Å²) in [5.41, 5.74) is 8.33. The molecule has 0 aliphatic rings. The molecule has 2 rings (SSSR count). The summed E-state index contributed by atoms with van der Waals surface area (Å²) in [5.74, 6) is 0. The first kappa shape index (κ1) is 15.9. The van der Waals surface area contributed by atoms with Crippen LogP contribution in [0.4, 0.5) is 5.69 Å². The van der Waals surface area contributed by atoms with Crippen molar-refractivity contribution in [2.45, 2.75) is 18.6 Å². The minimum Gasteiger partial charge on any atom is -0.389 e. The number of pyridine rings is 1. The van der Waals surface area contributed by atoms with E-state index in [1.807, 2.05) is 31.2 Å². The number of anilines is 1. The molecule has 0 saturated carbocycles. The van der Waals surface area contributed by atoms with Crippen LogP contribution in [0.25, 0.3) is 10.9 Å². The number of nitrogens with one attached hydrogen (secondary N) is 1. The van der Waals surface area contributed by atoms with Crippen LogP contribution in [-0.2, 0) is 10.8 Å². The highest BCUT2D eigenvalue weighted by Gasteiger charge is 2.11. The third-order valence-corrected chi connectivity index (χ3v) is 5.05. The molecule has 21 heavy (non-hydrogen) atoms. The summed E-state index contributed by atoms with van der Waals surface area (Å²) in [6.07, 6.45) is 4.25. The molecule has 2 atom stereocenters. The molecule has 3 N–H and O–H groups in total. The quantitative estimate of drug-likeness (QED) is 0.800. The molecule has 6 heteroatoms. The fraction of sp³-hybridized carbons (Fsp3) is 0.333. The van der Waals surface area contributed by atoms with E-state index in [1.54, 1.807) is 12.5 Å². The van der Waals surface area contributed by atoms with Gasteiger partial charge in [-0.05, 0) is 12.5 Å². The molecule has 1 heterocycles. The summed E-state index contributed by atoms with van der Waals surface area (Å²) in [5, 5.41) is 4.53. The van der Waals surface area contributed by atoms with Crippen LogP contribution in [0.3, 0.4) is 0 Å². The van der Waals surface area contributed by atoms with E-state index in [-0.39, 0.29) is 5.25 Å². The van der Waals surface area contributed by atoms with Crippen LogP contribution in [0.15, 0.2) is 30.5 Å². The highest BCUT2D eigenvalue weighted by atomic mass is 32.2. The Bertz CT molecular complexity index is 688. The Morgan fingerprint density at radius 2 is 2.19 bits per heavy atom. The summed E-state index contributed by atoms with van der Waals surface area (Å²) in [7, 11) is -0.812. The van der Waals surface area contributed by atoms with E-state index in [2.05, 4.69) is 10.3 Å². The Labute approximate surface area is 132 Å². The van der Waals surface area contributed by atoms with Gasteiger partial charge in [0, 0.05) is 40.4 Å². The second kappa shape index (κ2) is 6.95. The van der Waals surface area contributed by atoms with Crippen molar-refractivity contribution in [1.82, 2.24) is 4.98 Å². The van der Waals surface area contributed by atoms with E-state index in [9.17, 15) is 4.21 Å². The molecule has 1 aromatic carbocycles. The van der Waals surface area contributed by atoms with Gasteiger partial charge in [0.25, 0.3) is 0 Å². The minimum atomic E-state index is -0.812. The number of nitrogens with zero attached hydrogens (tertiary/aromatic N) is 1. The van der Waals surface area contributed by atoms with Crippen molar-refractivity contribution < 1.29 is 4.21 Å². The maximum absolute atomic E-state index is 11.4. The number of thiocarbonyl (C=S) groups is 1. The fourth-order valence-electron chi connectivity index (χ4n) is 2.09. The third kappa shape index (κ3) is 3.77. The molecule has 0 radical (unpaired) electrons. The summed E-state index contributed by atoms with van der Waals surface area (Å²) in [4.78, 5) is 4.70. The zero-order chi connectivity index (χ0) is 15.4. The van der Waals surface area contributed by atoms with Gasteiger partial charge < -0.3 is 11.1 Å². The maximum Gasteiger partial charge on any atom is 0.107 e. The van der Waals surface area contributed by atoms with Crippen LogP contribution < -0.4 is 11.1 Å². The van der Waals surface area contributed by atoms with Crippen LogP contribution in [0.1, 0.15) is 18.9 Å². The van der Waals surface area contributed by atoms with Crippen molar-refractivity contribution in [2.75, 3.05) is 18.1 Å². The van der Waals surface area contributed by atoms with Gasteiger partial charge in [-0.1, -0.05) is 37.3 Å². The Balaban J connectivity index is 2.29. The number of aromatic nitrogens is 1. The van der Waals surface area contributed by atoms with Crippen molar-refractivity contribution in [1.29, 1.82) is 0 Å². The van der Waals surface area contributed by atoms with Crippen molar-refractivity contribution in [2.24, 2.45) is 5.73 Å². The average Bonchev–Trinajstić information content (AvgIpc) is 2.46. The zero-order valence-electron chi connectivity index (χ0n) is 12.1. The predicted molar refractivity (Wildman–Crippen MR) is 94.3 cm³/mol. The Morgan fingerprint density at radius 3 is 2.86 bits per heavy atom. The molecule has 0 aliphatic heterocycles. The highest BCUT2D eigenvalue weighted by molar-refractivity contribution is 7.84. The lowest BCUT2D eigenvalue weighted by molar-refractivity contribution is 0.672. The first-order valence-electron chi connectivity index (χ1n) is 6.74. The number of rotatable bonds is 6. The molecular weight excluding hydrogens is 302 g/mol. The monoisotopic (exact) mass is 321 g/mol. The molecule has 4 nitrogen and oxygen atoms in total. The molecule has 2 unspecified atom stereocenters. The average molecular weight is 321 g/mol. The smallest absolute Gasteiger partial charge is 0.107 e. The van der Waals surface area contributed by atoms with Gasteiger partial charge in [0.05, 0.1) is 16.8 Å². The highest BCUT2D eigenvalue weighted by Crippen LogP contribution is 2.25. The number of fused-ring (bicyclic) bond motifs is 1. The molecule has 0 fully saturated rings. The van der Waals surface area contributed by atoms with Gasteiger partial charge in [0.15, 0.2) is 0 Å². The topological polar surface area (TPSA) is 68.0 Å². The van der Waals surface area contributed by atoms with Gasteiger partial charge in [-0.3, -0.25) is 9.19 Å². The molecule has 0 spiro atoms. The first-order chi connectivity index (χ1) is 10.0. The van der Waals surface area contributed by atoms with E-state index in [4.69, 9.17) is 18.0 Å². The molecule has 112 valence electrons. The summed E-state index contributed by atoms with van der Waals surface area (Å²) in [6.45, 7) is 2.70. The SMILES string of the molecule is CC(CCNc1c(C(N)=S)cnc2ccccc12)S(C)=O. The standard InChI is InChI=1S/C15H19N3OS2/c1-10(21(2)19)7-8-17-14-11-5-3-4-6-13(11)18-9-12(14)15(16)20/h3-6,9-10H,7-8H2,1-2H3,(H2,16,20)(H,17,18). The second-order valence-corrected chi connectivity index (χ2v) is 7.19. The van der Waals surface area contributed by atoms with E-state index in [0.717, 1.165) is 28.6 Å². The first-order valence-corrected chi connectivity index (χ1v) is 8.77. The van der Waals surface area contributed by atoms with Crippen LogP contribution in [0.2, 0.25) is 0 Å². The van der Waals surface area contributed by atoms with E-state index >= 15 is 0 Å². The van der Waals surface area contributed by atoms with Gasteiger partial charge in [0.2, 0.25) is 0 Å². The molecular formula is C15H19N3OS2. The van der Waals surface area contributed by atoms with Gasteiger partial charge >= 0.3 is 0 Å². The Kier molecular flexibility index (Phi) is 5.25. The molecule has 0 bridgehead atoms. The Hall–Kier alpha value is -1.53. The zero-order valence-corrected chi connectivity index (χ0v) is 13.8. The molecule has 0 saturated heterocycles. The maximum atomic E-state index is 11.4. The lowest BCUT2D eigenvalue weighted by Crippen LogP contribution is -2.18. The van der Waals surface area contributed by atoms with Crippen molar-refractivity contribution >= 4 is 44.6 Å². The van der Waals surface area contributed by atoms with Gasteiger partial charge in [-0.15, -0.1) is 0 Å². The van der Waals surface area contributed by atoms with Crippen LogP contribution in [-0.4, -0.2) is 32.2 Å². The number of para-hydroxylation sites is 1. The number of hydrogen-bond donors (Lipinski definition) is 2. The van der Waals surface area contributed by atoms with Gasteiger partial charge in [0.1, 0.15) is 4.99 Å². The van der Waals surface area contributed by atoms with Crippen molar-refractivity contribution in [3.63, 3.8) is 0 Å². The normalized spacial score (nSPS) is 13.8. The lowest BCUT2D eigenvalue weighted by Gasteiger charge is -2.15. The molecule has 0 amide bonds. The number of benzene rings is 1. The lowest BCUT2D eigenvalue weighted by atomic mass is 10.1. The minimum absolute atomic E-state index is 0.152. The largest absolute Gasteiger partial charge is 0.389 e. The van der Waals surface area contributed by atoms with Gasteiger partial charge in [-0.25, -0.2) is 0 Å². The molecule has 1 aromatic heterocycles. The van der Waals surface area contributed by atoms with E-state index in [0.29, 0.717) is 11.5 Å². The predicted octanol–water partition coefficient (Wildman–Crippen LogP) is 2.44. The summed E-state index contributed by atoms with van der Waals surface area (Å²) < 4.78 is 11.4. The van der Waals surface area contributed by atoms with Crippen molar-refractivity contribution in [3.8, 4) is 0 Å². The molecule has 2 aromatic rings. The second-order valence-electron chi connectivity index (χ2n) is 4.95. The fourth-order valence-corrected chi connectivity index (χ4v) is 2.69.